The second-order valence-corrected chi connectivity index (χ2v) is 5.76. The summed E-state index contributed by atoms with van der Waals surface area (Å²) in [6, 6.07) is 7.91. The Kier molecular flexibility index (Phi) is 4.35. The van der Waals surface area contributed by atoms with Gasteiger partial charge in [-0.25, -0.2) is 4.79 Å². The van der Waals surface area contributed by atoms with Crippen LogP contribution in [-0.2, 0) is 16.1 Å². The van der Waals surface area contributed by atoms with Crippen molar-refractivity contribution >= 4 is 28.6 Å². The van der Waals surface area contributed by atoms with Gasteiger partial charge in [-0.1, -0.05) is 37.5 Å². The van der Waals surface area contributed by atoms with Gasteiger partial charge in [-0.05, 0) is 18.9 Å². The van der Waals surface area contributed by atoms with Gasteiger partial charge in [0.15, 0.2) is 0 Å². The zero-order chi connectivity index (χ0) is 15.4. The number of carbonyl (C=O) groups excluding carboxylic acids is 2. The third-order valence-corrected chi connectivity index (χ3v) is 4.22. The smallest absolute Gasteiger partial charge is 0.240 e. The Bertz CT molecular complexity index is 723. The summed E-state index contributed by atoms with van der Waals surface area (Å²) in [4.78, 5) is 26.5. The highest BCUT2D eigenvalue weighted by molar-refractivity contribution is 5.93. The predicted octanol–water partition coefficient (Wildman–Crippen LogP) is 3.06. The summed E-state index contributed by atoms with van der Waals surface area (Å²) in [6.07, 6.45) is 9.08. The number of benzene rings is 1. The summed E-state index contributed by atoms with van der Waals surface area (Å²) in [6.45, 7) is 0.241. The molecule has 0 radical (unpaired) electrons. The minimum atomic E-state index is 0.00860. The molecule has 0 spiro atoms. The van der Waals surface area contributed by atoms with Crippen molar-refractivity contribution in [1.29, 1.82) is 0 Å². The fourth-order valence-electron chi connectivity index (χ4n) is 3.17. The Morgan fingerprint density at radius 2 is 2.05 bits per heavy atom. The Balaban J connectivity index is 1.78. The van der Waals surface area contributed by atoms with Crippen LogP contribution >= 0.6 is 0 Å². The van der Waals surface area contributed by atoms with Gasteiger partial charge in [0.05, 0.1) is 5.52 Å². The molecule has 0 aliphatic heterocycles. The van der Waals surface area contributed by atoms with Crippen LogP contribution in [0, 0.1) is 0 Å². The second kappa shape index (κ2) is 6.58. The van der Waals surface area contributed by atoms with Crippen LogP contribution in [-0.4, -0.2) is 22.6 Å². The average Bonchev–Trinajstić information content (AvgIpc) is 2.87. The normalized spacial score (nSPS) is 15.5. The van der Waals surface area contributed by atoms with Crippen molar-refractivity contribution in [2.75, 3.05) is 0 Å². The van der Waals surface area contributed by atoms with E-state index >= 15 is 0 Å². The lowest BCUT2D eigenvalue weighted by molar-refractivity contribution is -0.122. The fourth-order valence-corrected chi connectivity index (χ4v) is 3.17. The average molecular weight is 297 g/mol. The van der Waals surface area contributed by atoms with Crippen molar-refractivity contribution in [2.45, 2.75) is 44.7 Å². The number of rotatable bonds is 4. The zero-order valence-corrected chi connectivity index (χ0v) is 12.4. The number of nitrogens with zero attached hydrogens (tertiary/aromatic N) is 2. The Morgan fingerprint density at radius 3 is 2.82 bits per heavy atom. The van der Waals surface area contributed by atoms with Crippen molar-refractivity contribution in [2.24, 2.45) is 4.99 Å². The number of hydrogen-bond donors (Lipinski definition) is 1. The van der Waals surface area contributed by atoms with Gasteiger partial charge in [-0.3, -0.25) is 4.79 Å². The number of aromatic nitrogens is 1. The highest BCUT2D eigenvalue weighted by atomic mass is 16.2. The minimum Gasteiger partial charge on any atom is -0.352 e. The van der Waals surface area contributed by atoms with Crippen LogP contribution in [0.15, 0.2) is 35.5 Å². The number of aliphatic imine (C=N–C) groups is 1. The van der Waals surface area contributed by atoms with E-state index < -0.39 is 0 Å². The lowest BCUT2D eigenvalue weighted by Crippen LogP contribution is -2.38. The fraction of sp³-hybridized carbons (Fsp3) is 0.412. The molecule has 0 unspecified atom stereocenters. The molecule has 1 fully saturated rings. The highest BCUT2D eigenvalue weighted by Gasteiger charge is 2.17. The summed E-state index contributed by atoms with van der Waals surface area (Å²) in [5, 5.41) is 3.96. The topological polar surface area (TPSA) is 63.5 Å². The molecule has 2 aromatic rings. The standard InChI is InChI=1S/C17H19N3O2/c21-12-18-15-10-20(16-9-5-4-8-14(15)16)11-17(22)19-13-6-2-1-3-7-13/h4-5,8-10,13H,1-3,6-7,11H2,(H,19,22). The summed E-state index contributed by atoms with van der Waals surface area (Å²) < 4.78 is 1.84. The van der Waals surface area contributed by atoms with Crippen LogP contribution in [0.4, 0.5) is 5.69 Å². The molecule has 3 rings (SSSR count). The highest BCUT2D eigenvalue weighted by Crippen LogP contribution is 2.27. The summed E-state index contributed by atoms with van der Waals surface area (Å²) in [5.41, 5.74) is 1.45. The molecular formula is C17H19N3O2. The van der Waals surface area contributed by atoms with Crippen molar-refractivity contribution < 1.29 is 9.59 Å². The summed E-state index contributed by atoms with van der Waals surface area (Å²) in [7, 11) is 0. The summed E-state index contributed by atoms with van der Waals surface area (Å²) >= 11 is 0. The number of amides is 1. The molecule has 0 saturated heterocycles. The van der Waals surface area contributed by atoms with Crippen molar-refractivity contribution in [3.63, 3.8) is 0 Å². The molecule has 1 saturated carbocycles. The van der Waals surface area contributed by atoms with E-state index in [2.05, 4.69) is 10.3 Å². The number of nitrogens with one attached hydrogen (secondary N) is 1. The number of carbonyl (C=O) groups is 1. The van der Waals surface area contributed by atoms with Gasteiger partial charge in [0.25, 0.3) is 0 Å². The lowest BCUT2D eigenvalue weighted by Gasteiger charge is -2.22. The molecule has 1 heterocycles. The zero-order valence-electron chi connectivity index (χ0n) is 12.4. The van der Waals surface area contributed by atoms with Gasteiger partial charge < -0.3 is 9.88 Å². The molecule has 5 nitrogen and oxygen atoms in total. The third kappa shape index (κ3) is 3.10. The number of hydrogen-bond acceptors (Lipinski definition) is 3. The third-order valence-electron chi connectivity index (χ3n) is 4.22. The van der Waals surface area contributed by atoms with E-state index in [1.807, 2.05) is 28.8 Å². The van der Waals surface area contributed by atoms with E-state index in [0.717, 1.165) is 23.7 Å². The Hall–Kier alpha value is -2.39. The molecule has 1 aromatic carbocycles. The Morgan fingerprint density at radius 1 is 1.27 bits per heavy atom. The molecule has 1 N–H and O–H groups in total. The van der Waals surface area contributed by atoms with E-state index in [9.17, 15) is 9.59 Å². The van der Waals surface area contributed by atoms with Gasteiger partial charge in [0, 0.05) is 17.6 Å². The van der Waals surface area contributed by atoms with Gasteiger partial charge in [-0.2, -0.15) is 4.99 Å². The first-order valence-electron chi connectivity index (χ1n) is 7.73. The number of isocyanates is 1. The molecular weight excluding hydrogens is 278 g/mol. The quantitative estimate of drug-likeness (QED) is 0.696. The maximum absolute atomic E-state index is 12.3. The van der Waals surface area contributed by atoms with Gasteiger partial charge >= 0.3 is 0 Å². The van der Waals surface area contributed by atoms with E-state index in [-0.39, 0.29) is 12.5 Å². The first-order chi connectivity index (χ1) is 10.8. The van der Waals surface area contributed by atoms with E-state index in [0.29, 0.717) is 11.7 Å². The molecule has 1 amide bonds. The van der Waals surface area contributed by atoms with Crippen LogP contribution in [0.3, 0.4) is 0 Å². The molecule has 5 heteroatoms. The lowest BCUT2D eigenvalue weighted by atomic mass is 9.95. The minimum absolute atomic E-state index is 0.00860. The molecule has 22 heavy (non-hydrogen) atoms. The first-order valence-corrected chi connectivity index (χ1v) is 7.73. The maximum atomic E-state index is 12.3. The van der Waals surface area contributed by atoms with Crippen LogP contribution in [0.25, 0.3) is 10.9 Å². The molecule has 0 bridgehead atoms. The van der Waals surface area contributed by atoms with Crippen LogP contribution in [0.1, 0.15) is 32.1 Å². The van der Waals surface area contributed by atoms with Gasteiger partial charge in [-0.15, -0.1) is 0 Å². The van der Waals surface area contributed by atoms with Crippen LogP contribution in [0.5, 0.6) is 0 Å². The number of para-hydroxylation sites is 1. The van der Waals surface area contributed by atoms with Gasteiger partial charge in [0.2, 0.25) is 12.0 Å². The van der Waals surface area contributed by atoms with Gasteiger partial charge in [0.1, 0.15) is 12.2 Å². The van der Waals surface area contributed by atoms with Crippen LogP contribution < -0.4 is 5.32 Å². The van der Waals surface area contributed by atoms with Crippen molar-refractivity contribution in [3.05, 3.63) is 30.5 Å². The molecule has 0 atom stereocenters. The van der Waals surface area contributed by atoms with E-state index in [4.69, 9.17) is 0 Å². The van der Waals surface area contributed by atoms with E-state index in [1.165, 1.54) is 19.3 Å². The SMILES string of the molecule is O=C=Nc1cn(CC(=O)NC2CCCCC2)c2ccccc12. The van der Waals surface area contributed by atoms with E-state index in [1.54, 1.807) is 12.3 Å². The van der Waals surface area contributed by atoms with Crippen LogP contribution in [0.2, 0.25) is 0 Å². The molecule has 1 aromatic heterocycles. The van der Waals surface area contributed by atoms with Crippen molar-refractivity contribution in [3.8, 4) is 0 Å². The summed E-state index contributed by atoms with van der Waals surface area (Å²) in [5.74, 6) is 0.00860. The first kappa shape index (κ1) is 14.5. The monoisotopic (exact) mass is 297 g/mol. The number of fused-ring (bicyclic) bond motifs is 1. The Labute approximate surface area is 129 Å². The molecule has 1 aliphatic carbocycles. The molecule has 1 aliphatic rings. The van der Waals surface area contributed by atoms with Crippen molar-refractivity contribution in [1.82, 2.24) is 9.88 Å². The second-order valence-electron chi connectivity index (χ2n) is 5.76. The predicted molar refractivity (Wildman–Crippen MR) is 84.7 cm³/mol. The largest absolute Gasteiger partial charge is 0.352 e. The molecule has 114 valence electrons. The maximum Gasteiger partial charge on any atom is 0.240 e.